The van der Waals surface area contributed by atoms with E-state index in [1.807, 2.05) is 23.1 Å². The lowest BCUT2D eigenvalue weighted by Gasteiger charge is -2.37. The number of likely N-dealkylation sites (tertiary alicyclic amines) is 1. The lowest BCUT2D eigenvalue weighted by atomic mass is 10.00. The molecule has 1 N–H and O–H groups in total. The maximum Gasteiger partial charge on any atom is 0.256 e. The summed E-state index contributed by atoms with van der Waals surface area (Å²) < 4.78 is 0. The monoisotopic (exact) mass is 343 g/mol. The number of anilines is 1. The highest BCUT2D eigenvalue weighted by Gasteiger charge is 2.28. The number of amides is 2. The molecule has 2 saturated heterocycles. The first-order chi connectivity index (χ1) is 12.1. The van der Waals surface area contributed by atoms with Gasteiger partial charge in [0.15, 0.2) is 0 Å². The molecule has 0 unspecified atom stereocenters. The number of rotatable bonds is 3. The SMILES string of the molecule is CC(=O)NC1CCN(c2ccccc2C(=O)N2CCCC[C@@H]2C)CC1. The molecule has 0 radical (unpaired) electrons. The lowest BCUT2D eigenvalue weighted by Crippen LogP contribution is -2.45. The first kappa shape index (κ1) is 17.8. The Kier molecular flexibility index (Phi) is 5.61. The minimum absolute atomic E-state index is 0.0353. The maximum absolute atomic E-state index is 13.1. The lowest BCUT2D eigenvalue weighted by molar-refractivity contribution is -0.119. The van der Waals surface area contributed by atoms with Crippen LogP contribution in [-0.2, 0) is 4.79 Å². The Balaban J connectivity index is 1.73. The van der Waals surface area contributed by atoms with Crippen molar-refractivity contribution < 1.29 is 9.59 Å². The number of carbonyl (C=O) groups excluding carboxylic acids is 2. The Labute approximate surface area is 150 Å². The number of hydrogen-bond donors (Lipinski definition) is 1. The third kappa shape index (κ3) is 4.14. The van der Waals surface area contributed by atoms with Gasteiger partial charge in [-0.1, -0.05) is 12.1 Å². The van der Waals surface area contributed by atoms with Crippen molar-refractivity contribution in [2.75, 3.05) is 24.5 Å². The van der Waals surface area contributed by atoms with Gasteiger partial charge in [-0.25, -0.2) is 0 Å². The molecule has 2 aliphatic rings. The van der Waals surface area contributed by atoms with Gasteiger partial charge in [0.25, 0.3) is 5.91 Å². The van der Waals surface area contributed by atoms with Crippen molar-refractivity contribution in [1.82, 2.24) is 10.2 Å². The minimum Gasteiger partial charge on any atom is -0.371 e. The average Bonchev–Trinajstić information content (AvgIpc) is 2.62. The predicted octanol–water partition coefficient (Wildman–Crippen LogP) is 2.81. The number of nitrogens with zero attached hydrogens (tertiary/aromatic N) is 2. The largest absolute Gasteiger partial charge is 0.371 e. The van der Waals surface area contributed by atoms with Gasteiger partial charge in [-0.15, -0.1) is 0 Å². The third-order valence-electron chi connectivity index (χ3n) is 5.44. The van der Waals surface area contributed by atoms with Gasteiger partial charge in [0.2, 0.25) is 5.91 Å². The Bertz CT molecular complexity index is 623. The fraction of sp³-hybridized carbons (Fsp3) is 0.600. The molecule has 1 atom stereocenters. The second kappa shape index (κ2) is 7.89. The number of piperidine rings is 2. The quantitative estimate of drug-likeness (QED) is 0.918. The molecule has 0 spiro atoms. The first-order valence-corrected chi connectivity index (χ1v) is 9.48. The fourth-order valence-corrected chi connectivity index (χ4v) is 4.04. The van der Waals surface area contributed by atoms with Crippen LogP contribution in [0.15, 0.2) is 24.3 Å². The first-order valence-electron chi connectivity index (χ1n) is 9.48. The summed E-state index contributed by atoms with van der Waals surface area (Å²) in [5.41, 5.74) is 1.85. The van der Waals surface area contributed by atoms with E-state index in [9.17, 15) is 9.59 Å². The summed E-state index contributed by atoms with van der Waals surface area (Å²) in [6.45, 7) is 6.31. The summed E-state index contributed by atoms with van der Waals surface area (Å²) in [6, 6.07) is 8.54. The molecule has 136 valence electrons. The van der Waals surface area contributed by atoms with E-state index in [1.165, 1.54) is 6.42 Å². The second-order valence-corrected chi connectivity index (χ2v) is 7.32. The van der Waals surface area contributed by atoms with Gasteiger partial charge in [0.1, 0.15) is 0 Å². The molecule has 0 saturated carbocycles. The van der Waals surface area contributed by atoms with E-state index in [4.69, 9.17) is 0 Å². The van der Waals surface area contributed by atoms with E-state index in [2.05, 4.69) is 23.2 Å². The summed E-state index contributed by atoms with van der Waals surface area (Å²) in [7, 11) is 0. The molecule has 0 bridgehead atoms. The predicted molar refractivity (Wildman–Crippen MR) is 99.8 cm³/mol. The highest BCUT2D eigenvalue weighted by molar-refractivity contribution is 6.00. The van der Waals surface area contributed by atoms with E-state index < -0.39 is 0 Å². The summed E-state index contributed by atoms with van der Waals surface area (Å²) >= 11 is 0. The Morgan fingerprint density at radius 1 is 1.04 bits per heavy atom. The topological polar surface area (TPSA) is 52.7 Å². The molecule has 2 aliphatic heterocycles. The summed E-state index contributed by atoms with van der Waals surface area (Å²) in [5.74, 6) is 0.194. The average molecular weight is 343 g/mol. The normalized spacial score (nSPS) is 21.9. The Morgan fingerprint density at radius 2 is 1.76 bits per heavy atom. The van der Waals surface area contributed by atoms with Gasteiger partial charge >= 0.3 is 0 Å². The van der Waals surface area contributed by atoms with Crippen molar-refractivity contribution in [2.24, 2.45) is 0 Å². The van der Waals surface area contributed by atoms with Crippen molar-refractivity contribution in [3.63, 3.8) is 0 Å². The van der Waals surface area contributed by atoms with Crippen molar-refractivity contribution >= 4 is 17.5 Å². The molecule has 0 aromatic heterocycles. The fourth-order valence-electron chi connectivity index (χ4n) is 4.04. The minimum atomic E-state index is 0.0353. The standard InChI is InChI=1S/C20H29N3O2/c1-15-7-5-6-12-23(15)20(25)18-8-3-4-9-19(18)22-13-10-17(11-14-22)21-16(2)24/h3-4,8-9,15,17H,5-7,10-14H2,1-2H3,(H,21,24)/t15-/m0/s1. The van der Waals surface area contributed by atoms with Gasteiger partial charge in [0, 0.05) is 44.3 Å². The van der Waals surface area contributed by atoms with E-state index >= 15 is 0 Å². The molecule has 1 aromatic rings. The van der Waals surface area contributed by atoms with E-state index in [0.29, 0.717) is 6.04 Å². The summed E-state index contributed by atoms with van der Waals surface area (Å²) in [4.78, 5) is 28.7. The number of nitrogens with one attached hydrogen (secondary N) is 1. The molecule has 2 heterocycles. The zero-order valence-corrected chi connectivity index (χ0v) is 15.3. The van der Waals surface area contributed by atoms with Crippen LogP contribution in [0.25, 0.3) is 0 Å². The molecular formula is C20H29N3O2. The Hall–Kier alpha value is -2.04. The van der Waals surface area contributed by atoms with Gasteiger partial charge in [0.05, 0.1) is 5.56 Å². The molecule has 3 rings (SSSR count). The molecular weight excluding hydrogens is 314 g/mol. The molecule has 2 amide bonds. The number of hydrogen-bond acceptors (Lipinski definition) is 3. The summed E-state index contributed by atoms with van der Waals surface area (Å²) in [5, 5.41) is 3.01. The Morgan fingerprint density at radius 3 is 2.44 bits per heavy atom. The third-order valence-corrected chi connectivity index (χ3v) is 5.44. The van der Waals surface area contributed by atoms with Crippen LogP contribution in [0.4, 0.5) is 5.69 Å². The van der Waals surface area contributed by atoms with Crippen LogP contribution in [-0.4, -0.2) is 48.4 Å². The molecule has 2 fully saturated rings. The van der Waals surface area contributed by atoms with Crippen LogP contribution < -0.4 is 10.2 Å². The van der Waals surface area contributed by atoms with Gasteiger partial charge < -0.3 is 15.1 Å². The van der Waals surface area contributed by atoms with Gasteiger partial charge in [-0.3, -0.25) is 9.59 Å². The molecule has 0 aliphatic carbocycles. The van der Waals surface area contributed by atoms with Crippen LogP contribution in [0.3, 0.4) is 0 Å². The number of para-hydroxylation sites is 1. The smallest absolute Gasteiger partial charge is 0.256 e. The maximum atomic E-state index is 13.1. The second-order valence-electron chi connectivity index (χ2n) is 7.32. The number of carbonyl (C=O) groups is 2. The zero-order chi connectivity index (χ0) is 17.8. The highest BCUT2D eigenvalue weighted by atomic mass is 16.2. The molecule has 25 heavy (non-hydrogen) atoms. The number of benzene rings is 1. The van der Waals surface area contributed by atoms with Crippen LogP contribution in [0.2, 0.25) is 0 Å². The summed E-state index contributed by atoms with van der Waals surface area (Å²) in [6.07, 6.45) is 5.24. The van der Waals surface area contributed by atoms with Crippen molar-refractivity contribution in [3.8, 4) is 0 Å². The molecule has 5 heteroatoms. The van der Waals surface area contributed by atoms with Crippen LogP contribution in [0, 0.1) is 0 Å². The van der Waals surface area contributed by atoms with Gasteiger partial charge in [-0.2, -0.15) is 0 Å². The van der Waals surface area contributed by atoms with E-state index in [1.54, 1.807) is 6.92 Å². The highest BCUT2D eigenvalue weighted by Crippen LogP contribution is 2.27. The zero-order valence-electron chi connectivity index (χ0n) is 15.3. The van der Waals surface area contributed by atoms with E-state index in [0.717, 1.165) is 56.6 Å². The van der Waals surface area contributed by atoms with E-state index in [-0.39, 0.29) is 17.9 Å². The van der Waals surface area contributed by atoms with Crippen LogP contribution >= 0.6 is 0 Å². The van der Waals surface area contributed by atoms with Crippen LogP contribution in [0.1, 0.15) is 56.3 Å². The van der Waals surface area contributed by atoms with Crippen molar-refractivity contribution in [2.45, 2.75) is 58.0 Å². The van der Waals surface area contributed by atoms with Crippen molar-refractivity contribution in [1.29, 1.82) is 0 Å². The molecule has 5 nitrogen and oxygen atoms in total. The van der Waals surface area contributed by atoms with Crippen LogP contribution in [0.5, 0.6) is 0 Å². The molecule has 1 aromatic carbocycles. The van der Waals surface area contributed by atoms with Gasteiger partial charge in [-0.05, 0) is 51.2 Å². The van der Waals surface area contributed by atoms with Crippen molar-refractivity contribution in [3.05, 3.63) is 29.8 Å².